The summed E-state index contributed by atoms with van der Waals surface area (Å²) in [6, 6.07) is -3.71. The Morgan fingerprint density at radius 1 is 1.18 bits per heavy atom. The molecule has 11 nitrogen and oxygen atoms in total. The maximum Gasteiger partial charge on any atom is 0.248 e. The summed E-state index contributed by atoms with van der Waals surface area (Å²) >= 11 is 0. The normalized spacial score (nSPS) is 25.0. The Kier molecular flexibility index (Phi) is 7.72. The van der Waals surface area contributed by atoms with Crippen LogP contribution in [0.15, 0.2) is 0 Å². The second-order valence-electron chi connectivity index (χ2n) is 7.21. The summed E-state index contributed by atoms with van der Waals surface area (Å²) in [5.74, 6) is -2.44. The van der Waals surface area contributed by atoms with Gasteiger partial charge in [-0.2, -0.15) is 0 Å². The van der Waals surface area contributed by atoms with E-state index in [0.29, 0.717) is 25.8 Å². The van der Waals surface area contributed by atoms with Crippen molar-refractivity contribution < 1.29 is 29.4 Å². The fourth-order valence-electron chi connectivity index (χ4n) is 3.51. The molecule has 0 spiro atoms. The molecule has 0 unspecified atom stereocenters. The van der Waals surface area contributed by atoms with Crippen molar-refractivity contribution in [3.05, 3.63) is 0 Å². The monoisotopic (exact) mass is 399 g/mol. The molecule has 4 amide bonds. The van der Waals surface area contributed by atoms with E-state index in [9.17, 15) is 24.3 Å². The average Bonchev–Trinajstić information content (AvgIpc) is 3.34. The summed E-state index contributed by atoms with van der Waals surface area (Å²) in [6.07, 6.45) is 1.26. The fourth-order valence-corrected chi connectivity index (χ4v) is 3.51. The first-order valence-corrected chi connectivity index (χ1v) is 9.49. The Bertz CT molecular complexity index is 607. The molecule has 2 fully saturated rings. The number of likely N-dealkylation sites (tertiary alicyclic amines) is 1. The highest BCUT2D eigenvalue weighted by atomic mass is 16.3. The van der Waals surface area contributed by atoms with Crippen LogP contribution in [0.5, 0.6) is 0 Å². The van der Waals surface area contributed by atoms with E-state index in [1.165, 1.54) is 11.8 Å². The average molecular weight is 399 g/mol. The van der Waals surface area contributed by atoms with E-state index < -0.39 is 54.6 Å². The fraction of sp³-hybridized carbons (Fsp3) is 0.765. The highest BCUT2D eigenvalue weighted by Gasteiger charge is 2.40. The first-order valence-electron chi connectivity index (χ1n) is 9.49. The van der Waals surface area contributed by atoms with Crippen LogP contribution < -0.4 is 21.7 Å². The highest BCUT2D eigenvalue weighted by molar-refractivity contribution is 5.95. The van der Waals surface area contributed by atoms with Gasteiger partial charge < -0.3 is 36.8 Å². The molecule has 2 rings (SSSR count). The smallest absolute Gasteiger partial charge is 0.248 e. The van der Waals surface area contributed by atoms with Crippen molar-refractivity contribution >= 4 is 23.6 Å². The molecule has 0 saturated carbocycles. The molecule has 0 aromatic carbocycles. The number of carbonyl (C=O) groups excluding carboxylic acids is 4. The standard InChI is InChI=1S/C17H29N5O6/c1-9(24)13(21-15(26)10-4-2-6-19-10)17(28)22-7-3-5-12(22)16(27)20-11(8-23)14(18)25/h9-13,19,23-24H,2-8H2,1H3,(H2,18,25)(H,20,27)(H,21,26)/t9-,10-,11+,12-,13+/m1/s1. The molecule has 0 aliphatic carbocycles. The summed E-state index contributed by atoms with van der Waals surface area (Å²) in [7, 11) is 0. The molecule has 0 bridgehead atoms. The van der Waals surface area contributed by atoms with Gasteiger partial charge in [-0.25, -0.2) is 0 Å². The SMILES string of the molecule is C[C@@H](O)[C@H](NC(=O)[C@H]1CCCN1)C(=O)N1CCC[C@@H]1C(=O)N[C@@H](CO)C(N)=O. The van der Waals surface area contributed by atoms with Crippen LogP contribution in [0.1, 0.15) is 32.6 Å². The lowest BCUT2D eigenvalue weighted by atomic mass is 10.1. The lowest BCUT2D eigenvalue weighted by Crippen LogP contribution is -2.60. The van der Waals surface area contributed by atoms with Crippen LogP contribution in [-0.2, 0) is 19.2 Å². The first kappa shape index (κ1) is 22.1. The summed E-state index contributed by atoms with van der Waals surface area (Å²) in [5.41, 5.74) is 5.11. The molecule has 7 N–H and O–H groups in total. The van der Waals surface area contributed by atoms with Crippen LogP contribution in [-0.4, -0.2) is 88.7 Å². The third-order valence-electron chi connectivity index (χ3n) is 5.10. The van der Waals surface area contributed by atoms with E-state index >= 15 is 0 Å². The lowest BCUT2D eigenvalue weighted by molar-refractivity contribution is -0.144. The van der Waals surface area contributed by atoms with Crippen LogP contribution >= 0.6 is 0 Å². The molecule has 28 heavy (non-hydrogen) atoms. The van der Waals surface area contributed by atoms with Crippen LogP contribution in [0.4, 0.5) is 0 Å². The summed E-state index contributed by atoms with van der Waals surface area (Å²) in [5, 5.41) is 27.1. The van der Waals surface area contributed by atoms with E-state index in [4.69, 9.17) is 10.8 Å². The molecule has 2 saturated heterocycles. The van der Waals surface area contributed by atoms with Gasteiger partial charge in [0.25, 0.3) is 0 Å². The van der Waals surface area contributed by atoms with Gasteiger partial charge in [0, 0.05) is 6.54 Å². The molecule has 5 atom stereocenters. The predicted octanol–water partition coefficient (Wildman–Crippen LogP) is -3.44. The van der Waals surface area contributed by atoms with Crippen molar-refractivity contribution in [2.24, 2.45) is 5.73 Å². The van der Waals surface area contributed by atoms with Gasteiger partial charge in [0.2, 0.25) is 23.6 Å². The molecular formula is C17H29N5O6. The minimum atomic E-state index is -1.24. The number of rotatable bonds is 8. The molecule has 0 aromatic heterocycles. The van der Waals surface area contributed by atoms with Crippen LogP contribution in [0.2, 0.25) is 0 Å². The molecule has 0 aromatic rings. The summed E-state index contributed by atoms with van der Waals surface area (Å²) < 4.78 is 0. The van der Waals surface area contributed by atoms with Gasteiger partial charge in [0.15, 0.2) is 0 Å². The summed E-state index contributed by atoms with van der Waals surface area (Å²) in [6.45, 7) is 1.73. The molecule has 0 radical (unpaired) electrons. The van der Waals surface area contributed by atoms with Gasteiger partial charge in [-0.1, -0.05) is 0 Å². The number of aliphatic hydroxyl groups is 2. The third-order valence-corrected chi connectivity index (χ3v) is 5.10. The van der Waals surface area contributed by atoms with E-state index in [1.54, 1.807) is 0 Å². The number of hydrogen-bond acceptors (Lipinski definition) is 7. The highest BCUT2D eigenvalue weighted by Crippen LogP contribution is 2.20. The predicted molar refractivity (Wildman–Crippen MR) is 97.6 cm³/mol. The molecule has 11 heteroatoms. The van der Waals surface area contributed by atoms with E-state index in [1.807, 2.05) is 0 Å². The first-order chi connectivity index (χ1) is 13.3. The second-order valence-corrected chi connectivity index (χ2v) is 7.21. The lowest BCUT2D eigenvalue weighted by Gasteiger charge is -2.31. The third kappa shape index (κ3) is 5.18. The number of carbonyl (C=O) groups is 4. The van der Waals surface area contributed by atoms with Crippen LogP contribution in [0.25, 0.3) is 0 Å². The van der Waals surface area contributed by atoms with Crippen molar-refractivity contribution in [3.8, 4) is 0 Å². The van der Waals surface area contributed by atoms with Gasteiger partial charge in [0.05, 0.1) is 18.8 Å². The quantitative estimate of drug-likeness (QED) is 0.246. The topological polar surface area (TPSA) is 174 Å². The molecule has 158 valence electrons. The van der Waals surface area contributed by atoms with Gasteiger partial charge >= 0.3 is 0 Å². The van der Waals surface area contributed by atoms with Crippen molar-refractivity contribution in [1.29, 1.82) is 0 Å². The summed E-state index contributed by atoms with van der Waals surface area (Å²) in [4.78, 5) is 50.3. The largest absolute Gasteiger partial charge is 0.394 e. The minimum Gasteiger partial charge on any atom is -0.394 e. The Labute approximate surface area is 163 Å². The van der Waals surface area contributed by atoms with Crippen molar-refractivity contribution in [2.75, 3.05) is 19.7 Å². The molecule has 2 aliphatic rings. The van der Waals surface area contributed by atoms with Crippen molar-refractivity contribution in [3.63, 3.8) is 0 Å². The Balaban J connectivity index is 2.06. The Morgan fingerprint density at radius 2 is 1.89 bits per heavy atom. The maximum atomic E-state index is 13.0. The molecule has 2 heterocycles. The Morgan fingerprint density at radius 3 is 2.43 bits per heavy atom. The number of nitrogens with zero attached hydrogens (tertiary/aromatic N) is 1. The number of aliphatic hydroxyl groups excluding tert-OH is 2. The Hall–Kier alpha value is -2.24. The zero-order valence-corrected chi connectivity index (χ0v) is 15.9. The zero-order valence-electron chi connectivity index (χ0n) is 15.9. The van der Waals surface area contributed by atoms with Crippen molar-refractivity contribution in [1.82, 2.24) is 20.9 Å². The van der Waals surface area contributed by atoms with Crippen molar-refractivity contribution in [2.45, 2.75) is 62.9 Å². The number of nitrogens with one attached hydrogen (secondary N) is 3. The van der Waals surface area contributed by atoms with Crippen LogP contribution in [0, 0.1) is 0 Å². The van der Waals surface area contributed by atoms with Gasteiger partial charge in [-0.3, -0.25) is 19.2 Å². The van der Waals surface area contributed by atoms with E-state index in [2.05, 4.69) is 16.0 Å². The number of nitrogens with two attached hydrogens (primary N) is 1. The second kappa shape index (κ2) is 9.80. The number of hydrogen-bond donors (Lipinski definition) is 6. The van der Waals surface area contributed by atoms with Gasteiger partial charge in [-0.05, 0) is 39.2 Å². The maximum absolute atomic E-state index is 13.0. The molecule has 2 aliphatic heterocycles. The van der Waals surface area contributed by atoms with E-state index in [0.717, 1.165) is 6.42 Å². The van der Waals surface area contributed by atoms with Gasteiger partial charge in [0.1, 0.15) is 18.1 Å². The number of amides is 4. The minimum absolute atomic E-state index is 0.276. The zero-order chi connectivity index (χ0) is 20.8. The van der Waals surface area contributed by atoms with Gasteiger partial charge in [-0.15, -0.1) is 0 Å². The van der Waals surface area contributed by atoms with Crippen LogP contribution in [0.3, 0.4) is 0 Å². The molecular weight excluding hydrogens is 370 g/mol. The number of primary amides is 1. The van der Waals surface area contributed by atoms with E-state index in [-0.39, 0.29) is 12.5 Å².